The molecule has 112 valence electrons. The summed E-state index contributed by atoms with van der Waals surface area (Å²) in [6, 6.07) is 15.7. The first-order valence-electron chi connectivity index (χ1n) is 7.04. The highest BCUT2D eigenvalue weighted by molar-refractivity contribution is 9.10. The number of thiocarbonyl (C=S) groups is 1. The molecule has 1 aliphatic heterocycles. The van der Waals surface area contributed by atoms with Gasteiger partial charge in [-0.15, -0.1) is 0 Å². The fraction of sp³-hybridized carbons (Fsp3) is 0.176. The number of para-hydroxylation sites is 1. The normalized spacial score (nSPS) is 16.3. The van der Waals surface area contributed by atoms with E-state index in [1.54, 1.807) is 12.1 Å². The summed E-state index contributed by atoms with van der Waals surface area (Å²) in [7, 11) is 0. The molecule has 0 unspecified atom stereocenters. The van der Waals surface area contributed by atoms with E-state index >= 15 is 0 Å². The molecule has 0 spiro atoms. The van der Waals surface area contributed by atoms with Gasteiger partial charge >= 0.3 is 0 Å². The molecule has 3 rings (SSSR count). The van der Waals surface area contributed by atoms with Crippen molar-refractivity contribution in [3.05, 3.63) is 64.1 Å². The van der Waals surface area contributed by atoms with Gasteiger partial charge in [0.05, 0.1) is 0 Å². The van der Waals surface area contributed by atoms with Crippen LogP contribution in [0.3, 0.4) is 0 Å². The Morgan fingerprint density at radius 2 is 2.05 bits per heavy atom. The maximum Gasteiger partial charge on any atom is 0.257 e. The average Bonchev–Trinajstić information content (AvgIpc) is 2.83. The number of rotatable bonds is 1. The topological polar surface area (TPSA) is 32.3 Å². The number of hydrogen-bond donors (Lipinski definition) is 1. The predicted molar refractivity (Wildman–Crippen MR) is 96.3 cm³/mol. The minimum atomic E-state index is -0.192. The van der Waals surface area contributed by atoms with Crippen LogP contribution in [0.1, 0.15) is 22.8 Å². The molecule has 0 saturated heterocycles. The Kier molecular flexibility index (Phi) is 4.27. The van der Waals surface area contributed by atoms with Crippen LogP contribution in [0.4, 0.5) is 5.69 Å². The Labute approximate surface area is 143 Å². The van der Waals surface area contributed by atoms with Gasteiger partial charge in [0.15, 0.2) is 5.11 Å². The molecular formula is C17H15BrN2OS. The lowest BCUT2D eigenvalue weighted by Crippen LogP contribution is -2.45. The highest BCUT2D eigenvalue weighted by atomic mass is 79.9. The van der Waals surface area contributed by atoms with E-state index in [0.29, 0.717) is 10.7 Å². The van der Waals surface area contributed by atoms with Crippen LogP contribution in [0.15, 0.2) is 53.0 Å². The Morgan fingerprint density at radius 3 is 2.82 bits per heavy atom. The van der Waals surface area contributed by atoms with Gasteiger partial charge in [-0.2, -0.15) is 0 Å². The van der Waals surface area contributed by atoms with E-state index in [4.69, 9.17) is 12.2 Å². The van der Waals surface area contributed by atoms with E-state index in [0.717, 1.165) is 16.6 Å². The van der Waals surface area contributed by atoms with Crippen LogP contribution in [-0.2, 0) is 6.42 Å². The molecule has 2 aromatic carbocycles. The lowest BCUT2D eigenvalue weighted by atomic mass is 10.1. The zero-order valence-electron chi connectivity index (χ0n) is 12.0. The second-order valence-corrected chi connectivity index (χ2v) is 6.62. The molecule has 1 amide bonds. The molecule has 0 radical (unpaired) electrons. The minimum Gasteiger partial charge on any atom is -0.315 e. The number of fused-ring (bicyclic) bond motifs is 1. The molecular weight excluding hydrogens is 360 g/mol. The Morgan fingerprint density at radius 1 is 1.27 bits per heavy atom. The summed E-state index contributed by atoms with van der Waals surface area (Å²) in [5.74, 6) is -0.192. The Balaban J connectivity index is 1.79. The molecule has 1 aliphatic rings. The summed E-state index contributed by atoms with van der Waals surface area (Å²) < 4.78 is 0.867. The smallest absolute Gasteiger partial charge is 0.257 e. The van der Waals surface area contributed by atoms with Gasteiger partial charge in [-0.25, -0.2) is 0 Å². The average molecular weight is 375 g/mol. The molecule has 3 nitrogen and oxygen atoms in total. The number of carbonyl (C=O) groups excluding carboxylic acids is 1. The number of hydrogen-bond acceptors (Lipinski definition) is 2. The highest BCUT2D eigenvalue weighted by Gasteiger charge is 2.29. The summed E-state index contributed by atoms with van der Waals surface area (Å²) >= 11 is 8.83. The molecule has 0 aromatic heterocycles. The quantitative estimate of drug-likeness (QED) is 0.767. The molecule has 22 heavy (non-hydrogen) atoms. The van der Waals surface area contributed by atoms with Crippen LogP contribution in [0, 0.1) is 0 Å². The summed E-state index contributed by atoms with van der Waals surface area (Å²) in [6.45, 7) is 2.11. The van der Waals surface area contributed by atoms with Crippen molar-refractivity contribution in [3.8, 4) is 0 Å². The first-order chi connectivity index (χ1) is 10.6. The van der Waals surface area contributed by atoms with Gasteiger partial charge in [0.25, 0.3) is 5.91 Å². The molecule has 0 bridgehead atoms. The van der Waals surface area contributed by atoms with Crippen LogP contribution in [-0.4, -0.2) is 17.1 Å². The lowest BCUT2D eigenvalue weighted by Gasteiger charge is -2.25. The van der Waals surface area contributed by atoms with E-state index in [9.17, 15) is 4.79 Å². The van der Waals surface area contributed by atoms with Gasteiger partial charge in [0.2, 0.25) is 0 Å². The van der Waals surface area contributed by atoms with Crippen molar-refractivity contribution in [3.63, 3.8) is 0 Å². The third-order valence-corrected chi connectivity index (χ3v) is 4.53. The zero-order chi connectivity index (χ0) is 15.7. The number of halogens is 1. The van der Waals surface area contributed by atoms with E-state index in [1.165, 1.54) is 5.56 Å². The van der Waals surface area contributed by atoms with Gasteiger partial charge < -0.3 is 4.90 Å². The second kappa shape index (κ2) is 6.18. The SMILES string of the molecule is C[C@@H]1Cc2ccccc2N1C(=S)NC(=O)c1cccc(Br)c1. The van der Waals surface area contributed by atoms with E-state index in [1.807, 2.05) is 35.2 Å². The molecule has 5 heteroatoms. The maximum absolute atomic E-state index is 12.3. The largest absolute Gasteiger partial charge is 0.315 e. The maximum atomic E-state index is 12.3. The van der Waals surface area contributed by atoms with E-state index in [2.05, 4.69) is 34.2 Å². The van der Waals surface area contributed by atoms with Gasteiger partial charge in [-0.05, 0) is 55.4 Å². The molecule has 0 aliphatic carbocycles. The van der Waals surface area contributed by atoms with Gasteiger partial charge in [0, 0.05) is 21.8 Å². The standard InChI is InChI=1S/C17H15BrN2OS/c1-11-9-12-5-2-3-8-15(12)20(11)17(22)19-16(21)13-6-4-7-14(18)10-13/h2-8,10-11H,9H2,1H3,(H,19,21,22)/t11-/m1/s1. The number of amides is 1. The van der Waals surface area contributed by atoms with Crippen molar-refractivity contribution in [1.29, 1.82) is 0 Å². The third kappa shape index (κ3) is 2.91. The van der Waals surface area contributed by atoms with Crippen molar-refractivity contribution < 1.29 is 4.79 Å². The second-order valence-electron chi connectivity index (χ2n) is 5.32. The van der Waals surface area contributed by atoms with Crippen LogP contribution in [0.25, 0.3) is 0 Å². The number of nitrogens with one attached hydrogen (secondary N) is 1. The monoisotopic (exact) mass is 374 g/mol. The fourth-order valence-corrected chi connectivity index (χ4v) is 3.50. The minimum absolute atomic E-state index is 0.192. The molecule has 0 fully saturated rings. The molecule has 2 aromatic rings. The third-order valence-electron chi connectivity index (χ3n) is 3.73. The van der Waals surface area contributed by atoms with Crippen molar-refractivity contribution in [2.75, 3.05) is 4.90 Å². The van der Waals surface area contributed by atoms with Gasteiger partial charge in [0.1, 0.15) is 0 Å². The lowest BCUT2D eigenvalue weighted by molar-refractivity contribution is 0.0977. The van der Waals surface area contributed by atoms with Crippen LogP contribution >= 0.6 is 28.1 Å². The summed E-state index contributed by atoms with van der Waals surface area (Å²) in [4.78, 5) is 14.4. The van der Waals surface area contributed by atoms with Crippen LogP contribution < -0.4 is 10.2 Å². The summed E-state index contributed by atoms with van der Waals surface area (Å²) in [5.41, 5.74) is 2.92. The van der Waals surface area contributed by atoms with Crippen LogP contribution in [0.5, 0.6) is 0 Å². The van der Waals surface area contributed by atoms with Crippen molar-refractivity contribution in [2.24, 2.45) is 0 Å². The van der Waals surface area contributed by atoms with Crippen molar-refractivity contribution >= 4 is 44.9 Å². The van der Waals surface area contributed by atoms with Gasteiger partial charge in [-0.3, -0.25) is 10.1 Å². The zero-order valence-corrected chi connectivity index (χ0v) is 14.4. The molecule has 1 atom stereocenters. The highest BCUT2D eigenvalue weighted by Crippen LogP contribution is 2.31. The summed E-state index contributed by atoms with van der Waals surface area (Å²) in [5, 5.41) is 3.28. The van der Waals surface area contributed by atoms with Gasteiger partial charge in [-0.1, -0.05) is 40.2 Å². The number of anilines is 1. The van der Waals surface area contributed by atoms with E-state index < -0.39 is 0 Å². The first-order valence-corrected chi connectivity index (χ1v) is 8.24. The summed E-state index contributed by atoms with van der Waals surface area (Å²) in [6.07, 6.45) is 0.934. The number of nitrogens with zero attached hydrogens (tertiary/aromatic N) is 1. The fourth-order valence-electron chi connectivity index (χ4n) is 2.73. The first kappa shape index (κ1) is 15.2. The predicted octanol–water partition coefficient (Wildman–Crippen LogP) is 3.92. The number of carbonyl (C=O) groups is 1. The van der Waals surface area contributed by atoms with Crippen LogP contribution in [0.2, 0.25) is 0 Å². The molecule has 1 N–H and O–H groups in total. The van der Waals surface area contributed by atoms with Crippen molar-refractivity contribution in [1.82, 2.24) is 5.32 Å². The molecule has 0 saturated carbocycles. The van der Waals surface area contributed by atoms with Crippen molar-refractivity contribution in [2.45, 2.75) is 19.4 Å². The van der Waals surface area contributed by atoms with E-state index in [-0.39, 0.29) is 11.9 Å². The molecule has 1 heterocycles. The number of benzene rings is 2. The Hall–Kier alpha value is -1.72. The Bertz CT molecular complexity index is 747.